The maximum atomic E-state index is 13.1. The molecule has 146 valence electrons. The van der Waals surface area contributed by atoms with Crippen molar-refractivity contribution in [3.63, 3.8) is 0 Å². The summed E-state index contributed by atoms with van der Waals surface area (Å²) in [5, 5.41) is 9.35. The van der Waals surface area contributed by atoms with Crippen LogP contribution in [-0.4, -0.2) is 25.8 Å². The zero-order valence-corrected chi connectivity index (χ0v) is 18.0. The number of thioether (sulfide) groups is 1. The van der Waals surface area contributed by atoms with Crippen LogP contribution in [-0.2, 0) is 13.0 Å². The van der Waals surface area contributed by atoms with Gasteiger partial charge in [-0.15, -0.1) is 10.2 Å². The molecule has 1 unspecified atom stereocenters. The number of benzene rings is 2. The van der Waals surface area contributed by atoms with Crippen molar-refractivity contribution in [2.75, 3.05) is 0 Å². The maximum absolute atomic E-state index is 13.1. The largest absolute Gasteiger partial charge is 0.306 e. The third kappa shape index (κ3) is 4.36. The summed E-state index contributed by atoms with van der Waals surface area (Å²) in [6, 6.07) is 14.4. The molecule has 0 radical (unpaired) electrons. The third-order valence-electron chi connectivity index (χ3n) is 5.07. The average molecular weight is 394 g/mol. The number of carbonyl (C=O) groups is 1. The van der Waals surface area contributed by atoms with Crippen LogP contribution in [0.3, 0.4) is 0 Å². The van der Waals surface area contributed by atoms with Crippen LogP contribution in [0.5, 0.6) is 0 Å². The SMILES string of the molecule is CCn1c(Cc2ccccc2)nnc1SC(C)C(=O)c1cc(C)c(C)cc1C. The van der Waals surface area contributed by atoms with Crippen molar-refractivity contribution < 1.29 is 4.79 Å². The van der Waals surface area contributed by atoms with Gasteiger partial charge in [-0.1, -0.05) is 48.2 Å². The second-order valence-electron chi connectivity index (χ2n) is 7.18. The Morgan fingerprint density at radius 2 is 1.71 bits per heavy atom. The molecular weight excluding hydrogens is 366 g/mol. The van der Waals surface area contributed by atoms with Crippen LogP contribution in [0.4, 0.5) is 0 Å². The number of hydrogen-bond donors (Lipinski definition) is 0. The van der Waals surface area contributed by atoms with E-state index in [0.29, 0.717) is 0 Å². The van der Waals surface area contributed by atoms with Gasteiger partial charge in [-0.2, -0.15) is 0 Å². The second-order valence-corrected chi connectivity index (χ2v) is 8.49. The normalized spacial score (nSPS) is 12.2. The van der Waals surface area contributed by atoms with Gasteiger partial charge < -0.3 is 4.57 Å². The Bertz CT molecular complexity index is 979. The van der Waals surface area contributed by atoms with Gasteiger partial charge in [0.25, 0.3) is 0 Å². The van der Waals surface area contributed by atoms with Gasteiger partial charge in [0.15, 0.2) is 10.9 Å². The van der Waals surface area contributed by atoms with Gasteiger partial charge in [0.1, 0.15) is 5.82 Å². The summed E-state index contributed by atoms with van der Waals surface area (Å²) in [6.45, 7) is 10.9. The van der Waals surface area contributed by atoms with Gasteiger partial charge in [-0.25, -0.2) is 0 Å². The van der Waals surface area contributed by atoms with Gasteiger partial charge in [0.05, 0.1) is 5.25 Å². The van der Waals surface area contributed by atoms with Crippen molar-refractivity contribution >= 4 is 17.5 Å². The number of ketones is 1. The van der Waals surface area contributed by atoms with Gasteiger partial charge in [0.2, 0.25) is 0 Å². The van der Waals surface area contributed by atoms with Crippen LogP contribution in [0.25, 0.3) is 0 Å². The molecule has 28 heavy (non-hydrogen) atoms. The van der Waals surface area contributed by atoms with Crippen molar-refractivity contribution in [3.8, 4) is 0 Å². The third-order valence-corrected chi connectivity index (χ3v) is 6.15. The molecule has 0 aliphatic carbocycles. The summed E-state index contributed by atoms with van der Waals surface area (Å²) in [5.74, 6) is 1.07. The van der Waals surface area contributed by atoms with Gasteiger partial charge >= 0.3 is 0 Å². The number of aryl methyl sites for hydroxylation is 3. The quantitative estimate of drug-likeness (QED) is 0.410. The van der Waals surface area contributed by atoms with Crippen LogP contribution < -0.4 is 0 Å². The van der Waals surface area contributed by atoms with E-state index in [1.807, 2.05) is 45.0 Å². The first-order valence-electron chi connectivity index (χ1n) is 9.65. The van der Waals surface area contributed by atoms with Crippen molar-refractivity contribution in [1.29, 1.82) is 0 Å². The average Bonchev–Trinajstić information content (AvgIpc) is 3.06. The fourth-order valence-corrected chi connectivity index (χ4v) is 4.29. The monoisotopic (exact) mass is 393 g/mol. The zero-order chi connectivity index (χ0) is 20.3. The van der Waals surface area contributed by atoms with Crippen LogP contribution in [0, 0.1) is 20.8 Å². The van der Waals surface area contributed by atoms with Crippen molar-refractivity contribution in [1.82, 2.24) is 14.8 Å². The predicted molar refractivity (Wildman–Crippen MR) is 115 cm³/mol. The van der Waals surface area contributed by atoms with E-state index in [1.165, 1.54) is 22.9 Å². The van der Waals surface area contributed by atoms with Gasteiger partial charge in [-0.3, -0.25) is 4.79 Å². The van der Waals surface area contributed by atoms with E-state index in [2.05, 4.69) is 46.8 Å². The standard InChI is InChI=1S/C23H27N3OS/c1-6-26-21(14-19-10-8-7-9-11-19)24-25-23(26)28-18(5)22(27)20-13-16(3)15(2)12-17(20)4/h7-13,18H,6,14H2,1-5H3. The van der Waals surface area contributed by atoms with E-state index < -0.39 is 0 Å². The molecule has 3 rings (SSSR count). The zero-order valence-electron chi connectivity index (χ0n) is 17.2. The predicted octanol–water partition coefficient (Wildman–Crippen LogP) is 5.18. The Kier molecular flexibility index (Phi) is 6.35. The summed E-state index contributed by atoms with van der Waals surface area (Å²) in [5.41, 5.74) is 5.40. The smallest absolute Gasteiger partial charge is 0.191 e. The molecule has 3 aromatic rings. The molecule has 0 spiro atoms. The van der Waals surface area contributed by atoms with Crippen LogP contribution >= 0.6 is 11.8 Å². The van der Waals surface area contributed by atoms with Gasteiger partial charge in [0, 0.05) is 18.5 Å². The molecule has 1 aromatic heterocycles. The molecule has 0 aliphatic rings. The number of hydrogen-bond acceptors (Lipinski definition) is 4. The molecular formula is C23H27N3OS. The van der Waals surface area contributed by atoms with E-state index in [4.69, 9.17) is 0 Å². The summed E-state index contributed by atoms with van der Waals surface area (Å²) in [4.78, 5) is 13.1. The highest BCUT2D eigenvalue weighted by molar-refractivity contribution is 8.00. The summed E-state index contributed by atoms with van der Waals surface area (Å²) < 4.78 is 2.11. The highest BCUT2D eigenvalue weighted by Gasteiger charge is 2.22. The number of Topliss-reactive ketones (excluding diaryl/α,β-unsaturated/α-hetero) is 1. The van der Waals surface area contributed by atoms with Gasteiger partial charge in [-0.05, 0) is 62.9 Å². The second kappa shape index (κ2) is 8.74. The van der Waals surface area contributed by atoms with Crippen LogP contribution in [0.15, 0.2) is 47.6 Å². The lowest BCUT2D eigenvalue weighted by molar-refractivity contribution is 0.0993. The molecule has 1 atom stereocenters. The molecule has 1 heterocycles. The van der Waals surface area contributed by atoms with E-state index >= 15 is 0 Å². The Hall–Kier alpha value is -2.40. The Morgan fingerprint density at radius 3 is 2.39 bits per heavy atom. The molecule has 0 N–H and O–H groups in total. The van der Waals surface area contributed by atoms with Crippen LogP contribution in [0.1, 0.15) is 52.3 Å². The molecule has 0 saturated heterocycles. The lowest BCUT2D eigenvalue weighted by Crippen LogP contribution is -2.16. The molecule has 0 saturated carbocycles. The molecule has 0 fully saturated rings. The fraction of sp³-hybridized carbons (Fsp3) is 0.348. The first-order valence-corrected chi connectivity index (χ1v) is 10.5. The number of aromatic nitrogens is 3. The van der Waals surface area contributed by atoms with E-state index in [-0.39, 0.29) is 11.0 Å². The number of rotatable bonds is 7. The van der Waals surface area contributed by atoms with E-state index in [1.54, 1.807) is 0 Å². The van der Waals surface area contributed by atoms with Crippen molar-refractivity contribution in [3.05, 3.63) is 76.1 Å². The van der Waals surface area contributed by atoms with Crippen molar-refractivity contribution in [2.24, 2.45) is 0 Å². The minimum absolute atomic E-state index is 0.140. The molecule has 4 nitrogen and oxygen atoms in total. The Labute approximate surface area is 171 Å². The minimum atomic E-state index is -0.222. The molecule has 2 aromatic carbocycles. The summed E-state index contributed by atoms with van der Waals surface area (Å²) in [7, 11) is 0. The topological polar surface area (TPSA) is 47.8 Å². The molecule has 0 bridgehead atoms. The van der Waals surface area contributed by atoms with Crippen LogP contribution in [0.2, 0.25) is 0 Å². The summed E-state index contributed by atoms with van der Waals surface area (Å²) >= 11 is 1.49. The molecule has 5 heteroatoms. The number of carbonyl (C=O) groups excluding carboxylic acids is 1. The lowest BCUT2D eigenvalue weighted by Gasteiger charge is -2.14. The first kappa shape index (κ1) is 20.3. The highest BCUT2D eigenvalue weighted by Crippen LogP contribution is 2.27. The lowest BCUT2D eigenvalue weighted by atomic mass is 9.97. The summed E-state index contributed by atoms with van der Waals surface area (Å²) in [6.07, 6.45) is 0.737. The molecule has 0 amide bonds. The first-order chi connectivity index (χ1) is 13.4. The Morgan fingerprint density at radius 1 is 1.04 bits per heavy atom. The Balaban J connectivity index is 1.79. The fourth-order valence-electron chi connectivity index (χ4n) is 3.29. The van der Waals surface area contributed by atoms with E-state index in [9.17, 15) is 4.79 Å². The van der Waals surface area contributed by atoms with Crippen molar-refractivity contribution in [2.45, 2.75) is 58.0 Å². The molecule has 0 aliphatic heterocycles. The maximum Gasteiger partial charge on any atom is 0.191 e. The highest BCUT2D eigenvalue weighted by atomic mass is 32.2. The number of nitrogens with zero attached hydrogens (tertiary/aromatic N) is 3. The van der Waals surface area contributed by atoms with E-state index in [0.717, 1.165) is 40.6 Å². The minimum Gasteiger partial charge on any atom is -0.306 e.